The molecular weight excluding hydrogens is 371 g/mol. The summed E-state index contributed by atoms with van der Waals surface area (Å²) in [5, 5.41) is 4.45. The Hall–Kier alpha value is -2.26. The molecule has 0 N–H and O–H groups in total. The first-order valence-corrected chi connectivity index (χ1v) is 10.3. The molecule has 0 atom stereocenters. The minimum absolute atomic E-state index is 0.0789. The van der Waals surface area contributed by atoms with E-state index in [1.165, 1.54) is 33.3 Å². The lowest BCUT2D eigenvalue weighted by Crippen LogP contribution is -2.50. The van der Waals surface area contributed by atoms with Gasteiger partial charge < -0.3 is 4.90 Å². The molecule has 146 valence electrons. The Kier molecular flexibility index (Phi) is 5.34. The average Bonchev–Trinajstić information content (AvgIpc) is 3.05. The van der Waals surface area contributed by atoms with Crippen LogP contribution in [0.15, 0.2) is 35.4 Å². The maximum atomic E-state index is 13.0. The number of nitrogens with zero attached hydrogens (tertiary/aromatic N) is 4. The number of hydrogen-bond acceptors (Lipinski definition) is 4. The highest BCUT2D eigenvalue weighted by atomic mass is 32.2. The molecule has 2 aromatic rings. The number of carbonyl (C=O) groups excluding carboxylic acids is 1. The second kappa shape index (κ2) is 7.40. The molecule has 27 heavy (non-hydrogen) atoms. The number of aryl methyl sites for hydroxylation is 1. The van der Waals surface area contributed by atoms with Gasteiger partial charge >= 0.3 is 0 Å². The van der Waals surface area contributed by atoms with E-state index >= 15 is 0 Å². The summed E-state index contributed by atoms with van der Waals surface area (Å²) in [6, 6.07) is 6.85. The normalized spacial score (nSPS) is 16.1. The van der Waals surface area contributed by atoms with Crippen LogP contribution in [0.3, 0.4) is 0 Å². The summed E-state index contributed by atoms with van der Waals surface area (Å²) in [4.78, 5) is 14.1. The number of piperazine rings is 1. The quantitative estimate of drug-likeness (QED) is 0.796. The van der Waals surface area contributed by atoms with E-state index in [-0.39, 0.29) is 43.2 Å². The van der Waals surface area contributed by atoms with Crippen LogP contribution in [0.1, 0.15) is 35.9 Å². The molecule has 9 heteroatoms. The Labute approximate surface area is 158 Å². The molecule has 7 nitrogen and oxygen atoms in total. The molecule has 3 rings (SSSR count). The van der Waals surface area contributed by atoms with Crippen LogP contribution in [0.25, 0.3) is 0 Å². The first-order valence-electron chi connectivity index (χ1n) is 8.81. The fraction of sp³-hybridized carbons (Fsp3) is 0.444. The van der Waals surface area contributed by atoms with Crippen molar-refractivity contribution in [2.45, 2.75) is 31.8 Å². The molecule has 1 fully saturated rings. The molecule has 0 unspecified atom stereocenters. The Balaban J connectivity index is 1.73. The van der Waals surface area contributed by atoms with Crippen LogP contribution < -0.4 is 0 Å². The average molecular weight is 394 g/mol. The third-order valence-corrected chi connectivity index (χ3v) is 6.41. The number of hydrogen-bond donors (Lipinski definition) is 0. The number of carbonyl (C=O) groups is 1. The summed E-state index contributed by atoms with van der Waals surface area (Å²) in [5.74, 6) is -0.630. The molecule has 0 aliphatic carbocycles. The summed E-state index contributed by atoms with van der Waals surface area (Å²) < 4.78 is 42.0. The first-order chi connectivity index (χ1) is 12.7. The molecule has 1 aromatic heterocycles. The lowest BCUT2D eigenvalue weighted by molar-refractivity contribution is 0.0697. The molecule has 2 heterocycles. The number of aromatic nitrogens is 2. The van der Waals surface area contributed by atoms with Crippen LogP contribution in [-0.2, 0) is 10.0 Å². The van der Waals surface area contributed by atoms with Gasteiger partial charge in [-0.3, -0.25) is 9.48 Å². The van der Waals surface area contributed by atoms with Gasteiger partial charge in [0.15, 0.2) is 5.03 Å². The lowest BCUT2D eigenvalue weighted by Gasteiger charge is -2.34. The third-order valence-electron chi connectivity index (χ3n) is 4.53. The van der Waals surface area contributed by atoms with Crippen molar-refractivity contribution in [3.8, 4) is 0 Å². The number of rotatable bonds is 4. The van der Waals surface area contributed by atoms with Crippen LogP contribution in [0.5, 0.6) is 0 Å². The van der Waals surface area contributed by atoms with Crippen molar-refractivity contribution in [3.63, 3.8) is 0 Å². The van der Waals surface area contributed by atoms with E-state index in [0.717, 1.165) is 0 Å². The van der Waals surface area contributed by atoms with Crippen molar-refractivity contribution in [2.75, 3.05) is 26.2 Å². The van der Waals surface area contributed by atoms with Crippen LogP contribution in [-0.4, -0.2) is 59.5 Å². The molecule has 1 aliphatic heterocycles. The number of halogens is 1. The predicted molar refractivity (Wildman–Crippen MR) is 98.4 cm³/mol. The molecule has 0 bridgehead atoms. The molecule has 0 radical (unpaired) electrons. The van der Waals surface area contributed by atoms with Gasteiger partial charge in [-0.15, -0.1) is 0 Å². The van der Waals surface area contributed by atoms with E-state index in [1.54, 1.807) is 17.9 Å². The second-order valence-corrected chi connectivity index (χ2v) is 8.75. The van der Waals surface area contributed by atoms with Gasteiger partial charge in [-0.2, -0.15) is 9.40 Å². The van der Waals surface area contributed by atoms with Crippen LogP contribution >= 0.6 is 0 Å². The van der Waals surface area contributed by atoms with Crippen LogP contribution in [0.4, 0.5) is 4.39 Å². The molecule has 0 saturated carbocycles. The summed E-state index contributed by atoms with van der Waals surface area (Å²) in [7, 11) is -3.69. The summed E-state index contributed by atoms with van der Waals surface area (Å²) in [6.45, 7) is 6.50. The summed E-state index contributed by atoms with van der Waals surface area (Å²) >= 11 is 0. The Morgan fingerprint density at radius 3 is 2.26 bits per heavy atom. The molecule has 1 saturated heterocycles. The molecule has 1 amide bonds. The third kappa shape index (κ3) is 3.89. The van der Waals surface area contributed by atoms with Crippen LogP contribution in [0.2, 0.25) is 0 Å². The van der Waals surface area contributed by atoms with E-state index in [4.69, 9.17) is 0 Å². The smallest absolute Gasteiger partial charge is 0.260 e. The monoisotopic (exact) mass is 394 g/mol. The van der Waals surface area contributed by atoms with Crippen molar-refractivity contribution in [3.05, 3.63) is 47.4 Å². The maximum Gasteiger partial charge on any atom is 0.260 e. The van der Waals surface area contributed by atoms with Crippen LogP contribution in [0, 0.1) is 12.7 Å². The zero-order valence-corrected chi connectivity index (χ0v) is 16.4. The molecule has 0 spiro atoms. The number of benzene rings is 1. The lowest BCUT2D eigenvalue weighted by atomic mass is 10.2. The largest absolute Gasteiger partial charge is 0.336 e. The minimum atomic E-state index is -3.69. The first kappa shape index (κ1) is 19.5. The van der Waals surface area contributed by atoms with E-state index < -0.39 is 15.8 Å². The molecule has 1 aromatic carbocycles. The van der Waals surface area contributed by atoms with Gasteiger partial charge in [0.1, 0.15) is 5.82 Å². The van der Waals surface area contributed by atoms with Crippen molar-refractivity contribution in [1.29, 1.82) is 0 Å². The van der Waals surface area contributed by atoms with Crippen molar-refractivity contribution in [2.24, 2.45) is 0 Å². The van der Waals surface area contributed by atoms with E-state index in [1.807, 2.05) is 13.8 Å². The van der Waals surface area contributed by atoms with Gasteiger partial charge in [0, 0.05) is 37.8 Å². The Morgan fingerprint density at radius 2 is 1.70 bits per heavy atom. The number of amides is 1. The Morgan fingerprint density at radius 1 is 1.11 bits per heavy atom. The highest BCUT2D eigenvalue weighted by Gasteiger charge is 2.33. The van der Waals surface area contributed by atoms with Gasteiger partial charge in [0.2, 0.25) is 0 Å². The zero-order chi connectivity index (χ0) is 19.8. The summed E-state index contributed by atoms with van der Waals surface area (Å²) in [5.41, 5.74) is 1.04. The van der Waals surface area contributed by atoms with Crippen molar-refractivity contribution < 1.29 is 17.6 Å². The SMILES string of the molecule is Cc1cc(S(=O)(=O)N2CCN(C(=O)c3ccc(F)cc3)CC2)n(C(C)C)n1. The van der Waals surface area contributed by atoms with Gasteiger partial charge in [-0.05, 0) is 51.1 Å². The highest BCUT2D eigenvalue weighted by Crippen LogP contribution is 2.22. The fourth-order valence-electron chi connectivity index (χ4n) is 3.09. The second-order valence-electron chi connectivity index (χ2n) is 6.87. The predicted octanol–water partition coefficient (Wildman–Crippen LogP) is 2.06. The van der Waals surface area contributed by atoms with Crippen molar-refractivity contribution in [1.82, 2.24) is 19.0 Å². The van der Waals surface area contributed by atoms with Gasteiger partial charge in [-0.25, -0.2) is 12.8 Å². The van der Waals surface area contributed by atoms with E-state index in [0.29, 0.717) is 11.3 Å². The number of sulfonamides is 1. The van der Waals surface area contributed by atoms with E-state index in [2.05, 4.69) is 5.10 Å². The highest BCUT2D eigenvalue weighted by molar-refractivity contribution is 7.89. The van der Waals surface area contributed by atoms with Gasteiger partial charge in [0.05, 0.1) is 5.69 Å². The summed E-state index contributed by atoms with van der Waals surface area (Å²) in [6.07, 6.45) is 0. The van der Waals surface area contributed by atoms with Gasteiger partial charge in [0.25, 0.3) is 15.9 Å². The Bertz CT molecular complexity index is 930. The maximum absolute atomic E-state index is 13.0. The molecule has 1 aliphatic rings. The topological polar surface area (TPSA) is 75.5 Å². The zero-order valence-electron chi connectivity index (χ0n) is 15.6. The minimum Gasteiger partial charge on any atom is -0.336 e. The van der Waals surface area contributed by atoms with E-state index in [9.17, 15) is 17.6 Å². The van der Waals surface area contributed by atoms with Crippen molar-refractivity contribution >= 4 is 15.9 Å². The molecular formula is C18H23FN4O3S. The van der Waals surface area contributed by atoms with Gasteiger partial charge in [-0.1, -0.05) is 0 Å². The standard InChI is InChI=1S/C18H23FN4O3S/c1-13(2)23-17(12-14(3)20-23)27(25,26)22-10-8-21(9-11-22)18(24)15-4-6-16(19)7-5-15/h4-7,12-13H,8-11H2,1-3H3. The fourth-order valence-corrected chi connectivity index (χ4v) is 4.81.